The Balaban J connectivity index is 1.82. The molecule has 3 rings (SSSR count). The summed E-state index contributed by atoms with van der Waals surface area (Å²) in [6, 6.07) is 4.45. The van der Waals surface area contributed by atoms with Crippen molar-refractivity contribution in [2.75, 3.05) is 24.6 Å². The minimum absolute atomic E-state index is 0.196. The van der Waals surface area contributed by atoms with Crippen molar-refractivity contribution >= 4 is 5.82 Å². The van der Waals surface area contributed by atoms with Crippen LogP contribution >= 0.6 is 0 Å². The molecular weight excluding hydrogens is 275 g/mol. The van der Waals surface area contributed by atoms with Crippen LogP contribution in [0.1, 0.15) is 17.6 Å². The summed E-state index contributed by atoms with van der Waals surface area (Å²) in [5.74, 6) is 0.875. The minimum Gasteiger partial charge on any atom is -0.368 e. The topological polar surface area (TPSA) is 71.1 Å². The zero-order valence-corrected chi connectivity index (χ0v) is 11.5. The molecule has 0 amide bonds. The number of nitrogens with zero attached hydrogens (tertiary/aromatic N) is 3. The molecule has 0 radical (unpaired) electrons. The fourth-order valence-electron chi connectivity index (χ4n) is 2.36. The van der Waals surface area contributed by atoms with Gasteiger partial charge in [-0.3, -0.25) is 4.79 Å². The number of ether oxygens (including phenoxy) is 1. The van der Waals surface area contributed by atoms with Gasteiger partial charge in [0.1, 0.15) is 23.6 Å². The Morgan fingerprint density at radius 3 is 3.05 bits per heavy atom. The number of aryl methyl sites for hydroxylation is 1. The highest BCUT2D eigenvalue weighted by atomic mass is 19.1. The zero-order chi connectivity index (χ0) is 14.8. The first-order valence-electron chi connectivity index (χ1n) is 6.68. The standard InChI is InChI=1S/C14H15FN4O2/c1-9-17-11(6-14(20)18-9)12-8-19(4-5-21-12)13-3-2-10(15)7-16-13/h2-3,6-7,12H,4-5,8H2,1H3,(H,17,18,20)/t12-/m1/s1. The van der Waals surface area contributed by atoms with E-state index < -0.39 is 0 Å². The van der Waals surface area contributed by atoms with Crippen LogP contribution in [-0.4, -0.2) is 34.6 Å². The maximum Gasteiger partial charge on any atom is 0.251 e. The second kappa shape index (κ2) is 5.61. The van der Waals surface area contributed by atoms with Crippen LogP contribution in [0.2, 0.25) is 0 Å². The lowest BCUT2D eigenvalue weighted by Crippen LogP contribution is -2.39. The molecule has 0 saturated carbocycles. The number of hydrogen-bond acceptors (Lipinski definition) is 5. The average molecular weight is 290 g/mol. The zero-order valence-electron chi connectivity index (χ0n) is 11.5. The second-order valence-corrected chi connectivity index (χ2v) is 4.90. The lowest BCUT2D eigenvalue weighted by molar-refractivity contribution is 0.0365. The number of pyridine rings is 1. The van der Waals surface area contributed by atoms with Gasteiger partial charge in [0.2, 0.25) is 0 Å². The number of nitrogens with one attached hydrogen (secondary N) is 1. The Morgan fingerprint density at radius 1 is 1.48 bits per heavy atom. The molecule has 1 aliphatic rings. The van der Waals surface area contributed by atoms with E-state index in [1.807, 2.05) is 4.90 Å². The van der Waals surface area contributed by atoms with E-state index in [0.717, 1.165) is 0 Å². The molecule has 2 aromatic rings. The van der Waals surface area contributed by atoms with Gasteiger partial charge in [0.05, 0.1) is 25.0 Å². The Morgan fingerprint density at radius 2 is 2.33 bits per heavy atom. The summed E-state index contributed by atoms with van der Waals surface area (Å²) in [4.78, 5) is 24.5. The minimum atomic E-state index is -0.365. The van der Waals surface area contributed by atoms with Crippen LogP contribution in [0.3, 0.4) is 0 Å². The molecule has 0 aliphatic carbocycles. The summed E-state index contributed by atoms with van der Waals surface area (Å²) >= 11 is 0. The molecule has 0 aromatic carbocycles. The average Bonchev–Trinajstić information content (AvgIpc) is 2.47. The van der Waals surface area contributed by atoms with Crippen molar-refractivity contribution in [1.82, 2.24) is 15.0 Å². The molecule has 3 heterocycles. The SMILES string of the molecule is Cc1nc([C@H]2CN(c3ccc(F)cn3)CCO2)cc(=O)[nH]1. The molecule has 6 nitrogen and oxygen atoms in total. The third kappa shape index (κ3) is 3.08. The van der Waals surface area contributed by atoms with Crippen molar-refractivity contribution in [2.45, 2.75) is 13.0 Å². The second-order valence-electron chi connectivity index (χ2n) is 4.90. The lowest BCUT2D eigenvalue weighted by atomic mass is 10.2. The summed E-state index contributed by atoms with van der Waals surface area (Å²) < 4.78 is 18.6. The van der Waals surface area contributed by atoms with Crippen molar-refractivity contribution in [3.63, 3.8) is 0 Å². The number of hydrogen-bond donors (Lipinski definition) is 1. The summed E-state index contributed by atoms with van der Waals surface area (Å²) in [6.45, 7) is 3.41. The fraction of sp³-hybridized carbons (Fsp3) is 0.357. The molecule has 1 saturated heterocycles. The van der Waals surface area contributed by atoms with Crippen LogP contribution in [0, 0.1) is 12.7 Å². The van der Waals surface area contributed by atoms with Crippen molar-refractivity contribution in [1.29, 1.82) is 0 Å². The van der Waals surface area contributed by atoms with E-state index >= 15 is 0 Å². The Labute approximate surface area is 120 Å². The molecule has 110 valence electrons. The Kier molecular flexibility index (Phi) is 3.66. The van der Waals surface area contributed by atoms with E-state index in [0.29, 0.717) is 37.0 Å². The van der Waals surface area contributed by atoms with E-state index in [9.17, 15) is 9.18 Å². The highest BCUT2D eigenvalue weighted by Gasteiger charge is 2.24. The molecule has 0 spiro atoms. The number of rotatable bonds is 2. The van der Waals surface area contributed by atoms with Crippen molar-refractivity contribution in [3.05, 3.63) is 52.1 Å². The predicted molar refractivity (Wildman–Crippen MR) is 74.7 cm³/mol. The van der Waals surface area contributed by atoms with E-state index in [1.165, 1.54) is 18.3 Å². The molecule has 1 N–H and O–H groups in total. The molecule has 1 aliphatic heterocycles. The number of aromatic nitrogens is 3. The fourth-order valence-corrected chi connectivity index (χ4v) is 2.36. The number of anilines is 1. The summed E-state index contributed by atoms with van der Waals surface area (Å²) in [7, 11) is 0. The van der Waals surface area contributed by atoms with Gasteiger partial charge in [-0.15, -0.1) is 0 Å². The maximum absolute atomic E-state index is 12.9. The maximum atomic E-state index is 12.9. The van der Waals surface area contributed by atoms with Crippen LogP contribution in [0.5, 0.6) is 0 Å². The van der Waals surface area contributed by atoms with E-state index in [-0.39, 0.29) is 17.5 Å². The third-order valence-corrected chi connectivity index (χ3v) is 3.31. The van der Waals surface area contributed by atoms with Crippen LogP contribution in [0.15, 0.2) is 29.2 Å². The van der Waals surface area contributed by atoms with Crippen LogP contribution in [0.25, 0.3) is 0 Å². The number of morpholine rings is 1. The normalized spacial score (nSPS) is 18.8. The van der Waals surface area contributed by atoms with Gasteiger partial charge in [-0.1, -0.05) is 0 Å². The van der Waals surface area contributed by atoms with Gasteiger partial charge in [-0.2, -0.15) is 0 Å². The molecular formula is C14H15FN4O2. The summed E-state index contributed by atoms with van der Waals surface area (Å²) in [6.07, 6.45) is 0.890. The van der Waals surface area contributed by atoms with Gasteiger partial charge < -0.3 is 14.6 Å². The number of aromatic amines is 1. The van der Waals surface area contributed by atoms with E-state index in [1.54, 1.807) is 13.0 Å². The van der Waals surface area contributed by atoms with Crippen molar-refractivity contribution in [3.8, 4) is 0 Å². The lowest BCUT2D eigenvalue weighted by Gasteiger charge is -2.33. The molecule has 0 unspecified atom stereocenters. The molecule has 1 atom stereocenters. The molecule has 0 bridgehead atoms. The van der Waals surface area contributed by atoms with Crippen LogP contribution < -0.4 is 10.5 Å². The van der Waals surface area contributed by atoms with E-state index in [4.69, 9.17) is 4.74 Å². The summed E-state index contributed by atoms with van der Waals surface area (Å²) in [5.41, 5.74) is 0.404. The summed E-state index contributed by atoms with van der Waals surface area (Å²) in [5, 5.41) is 0. The quantitative estimate of drug-likeness (QED) is 0.899. The Hall–Kier alpha value is -2.28. The first-order chi connectivity index (χ1) is 10.1. The monoisotopic (exact) mass is 290 g/mol. The van der Waals surface area contributed by atoms with Gasteiger partial charge in [0, 0.05) is 12.6 Å². The largest absolute Gasteiger partial charge is 0.368 e. The molecule has 2 aromatic heterocycles. The van der Waals surface area contributed by atoms with Gasteiger partial charge >= 0.3 is 0 Å². The van der Waals surface area contributed by atoms with E-state index in [2.05, 4.69) is 15.0 Å². The van der Waals surface area contributed by atoms with Gasteiger partial charge in [0.15, 0.2) is 0 Å². The Bertz CT molecular complexity index is 686. The highest BCUT2D eigenvalue weighted by molar-refractivity contribution is 5.39. The highest BCUT2D eigenvalue weighted by Crippen LogP contribution is 2.23. The van der Waals surface area contributed by atoms with Crippen LogP contribution in [0.4, 0.5) is 10.2 Å². The third-order valence-electron chi connectivity index (χ3n) is 3.31. The number of halogens is 1. The molecule has 21 heavy (non-hydrogen) atoms. The predicted octanol–water partition coefficient (Wildman–Crippen LogP) is 1.19. The van der Waals surface area contributed by atoms with Crippen LogP contribution in [-0.2, 0) is 4.74 Å². The van der Waals surface area contributed by atoms with Gasteiger partial charge in [0.25, 0.3) is 5.56 Å². The first kappa shape index (κ1) is 13.7. The first-order valence-corrected chi connectivity index (χ1v) is 6.68. The van der Waals surface area contributed by atoms with Crippen molar-refractivity contribution < 1.29 is 9.13 Å². The smallest absolute Gasteiger partial charge is 0.251 e. The van der Waals surface area contributed by atoms with Gasteiger partial charge in [-0.25, -0.2) is 14.4 Å². The molecule has 1 fully saturated rings. The molecule has 7 heteroatoms. The van der Waals surface area contributed by atoms with Crippen molar-refractivity contribution in [2.24, 2.45) is 0 Å². The van der Waals surface area contributed by atoms with Gasteiger partial charge in [-0.05, 0) is 19.1 Å². The number of H-pyrrole nitrogens is 1.